The molecule has 4 aromatic carbocycles. The van der Waals surface area contributed by atoms with Crippen LogP contribution in [0.15, 0.2) is 79.9 Å². The van der Waals surface area contributed by atoms with E-state index in [1.165, 1.54) is 61.7 Å². The summed E-state index contributed by atoms with van der Waals surface area (Å²) in [5.74, 6) is -1.54. The fourth-order valence-corrected chi connectivity index (χ4v) is 4.61. The predicted octanol–water partition coefficient (Wildman–Crippen LogP) is -9.78. The number of methoxy groups -OCH3 is 1. The van der Waals surface area contributed by atoms with Crippen LogP contribution in [0.3, 0.4) is 0 Å². The molecule has 0 heterocycles. The number of ether oxygens (including phenoxy) is 1. The molecule has 4 aromatic rings. The average molecular weight is 1010 g/mol. The summed E-state index contributed by atoms with van der Waals surface area (Å²) in [5.41, 5.74) is 0.390. The van der Waals surface area contributed by atoms with Gasteiger partial charge in [0.1, 0.15) is 16.0 Å². The zero-order valence-electron chi connectivity index (χ0n) is 30.9. The molecule has 0 amide bonds. The van der Waals surface area contributed by atoms with Crippen molar-refractivity contribution in [2.75, 3.05) is 24.1 Å². The van der Waals surface area contributed by atoms with Crippen molar-refractivity contribution in [3.63, 3.8) is 0 Å². The van der Waals surface area contributed by atoms with Gasteiger partial charge in [-0.15, -0.1) is 37.4 Å². The first kappa shape index (κ1) is 67.1. The van der Waals surface area contributed by atoms with Crippen molar-refractivity contribution in [2.24, 2.45) is 20.5 Å². The zero-order valence-corrected chi connectivity index (χ0v) is 43.9. The van der Waals surface area contributed by atoms with Gasteiger partial charge in [0, 0.05) is 45.7 Å². The maximum atomic E-state index is 12.0. The SMILES string of the molecule is O=S(=O)([O-])O.O=S(=O)=O.O=S(=O)=O.[CH2-]CS(=O)(=O)c1ccc(N=Nc2c(NCS(=O)(=O)[O-])ccc3c(O)c(N=Nc4cc(OC)[c-]cc4O)[c-]cc23)cc1.[Cu].[Na+].[Na+].[Na+].[Na+]. The molecule has 0 aliphatic carbocycles. The van der Waals surface area contributed by atoms with Gasteiger partial charge in [-0.25, -0.2) is 25.3 Å². The average Bonchev–Trinajstić information content (AvgIpc) is 3.05. The summed E-state index contributed by atoms with van der Waals surface area (Å²) in [6, 6.07) is 17.8. The third kappa shape index (κ3) is 27.7. The number of rotatable bonds is 10. The van der Waals surface area contributed by atoms with E-state index in [1.54, 1.807) is 0 Å². The van der Waals surface area contributed by atoms with Crippen molar-refractivity contribution in [3.8, 4) is 17.2 Å². The second-order valence-electron chi connectivity index (χ2n) is 9.11. The molecule has 305 valence electrons. The Labute approximate surface area is 439 Å². The molecule has 0 aromatic heterocycles. The normalized spacial score (nSPS) is 10.4. The Morgan fingerprint density at radius 3 is 1.75 bits per heavy atom. The number of aromatic hydroxyl groups is 2. The van der Waals surface area contributed by atoms with Crippen molar-refractivity contribution in [2.45, 2.75) is 4.90 Å². The standard InChI is InChI=1S/C26H22N5O8S2.Cu.4Na.H2O4S.2O3S/c1-3-40(34,35)18-7-4-16(5-8-18)28-31-25-19-9-12-22(29-30-23-14-17(39-2)6-13-24(23)32)26(33)20(19)10-11-21(25)27-15-41(36,37)38;;;;;;1-5(2,3)4;2*1-4(2)3/h4-5,7-11,13-14,27,32-33H,1,3,15H2,2H3,(H,36,37,38);;;;;;(H2,1,2,3,4);;/q-3;;4*+1;;;/p-2. The van der Waals surface area contributed by atoms with E-state index in [1.807, 2.05) is 0 Å². The van der Waals surface area contributed by atoms with E-state index in [4.69, 9.17) is 47.5 Å². The first-order valence-corrected chi connectivity index (χ1v) is 19.8. The van der Waals surface area contributed by atoms with E-state index in [0.29, 0.717) is 5.75 Å². The Balaban J connectivity index is -0.000000473. The predicted molar refractivity (Wildman–Crippen MR) is 180 cm³/mol. The largest absolute Gasteiger partial charge is 1.00 e. The third-order valence-corrected chi connectivity index (χ3v) is 7.60. The maximum Gasteiger partial charge on any atom is 1.00 e. The van der Waals surface area contributed by atoms with Gasteiger partial charge >= 0.3 is 139 Å². The van der Waals surface area contributed by atoms with Gasteiger partial charge in [0.05, 0.1) is 29.1 Å². The molecule has 0 fully saturated rings. The summed E-state index contributed by atoms with van der Waals surface area (Å²) >= 11 is 0. The molecule has 33 heteroatoms. The van der Waals surface area contributed by atoms with Crippen LogP contribution in [-0.4, -0.2) is 93.1 Å². The molecule has 0 saturated carbocycles. The molecule has 0 unspecified atom stereocenters. The number of sulfone groups is 1. The van der Waals surface area contributed by atoms with Gasteiger partial charge in [-0.2, -0.15) is 32.6 Å². The molecule has 59 heavy (non-hydrogen) atoms. The minimum absolute atomic E-state index is 0. The van der Waals surface area contributed by atoms with Crippen LogP contribution in [0.1, 0.15) is 0 Å². The van der Waals surface area contributed by atoms with Crippen LogP contribution < -0.4 is 128 Å². The second-order valence-corrected chi connectivity index (χ2v) is 14.3. The Hall–Kier alpha value is -0.971. The summed E-state index contributed by atoms with van der Waals surface area (Å²) in [5, 5.41) is 40.1. The van der Waals surface area contributed by atoms with Crippen molar-refractivity contribution in [1.82, 2.24) is 0 Å². The molecule has 0 atom stereocenters. The summed E-state index contributed by atoms with van der Waals surface area (Å²) in [6.07, 6.45) is 0. The Morgan fingerprint density at radius 2 is 1.29 bits per heavy atom. The van der Waals surface area contributed by atoms with Gasteiger partial charge in [-0.1, -0.05) is 28.7 Å². The van der Waals surface area contributed by atoms with Crippen molar-refractivity contribution >= 4 is 90.8 Å². The number of phenols is 2. The van der Waals surface area contributed by atoms with E-state index < -0.39 is 57.4 Å². The number of benzene rings is 4. The van der Waals surface area contributed by atoms with Gasteiger partial charge < -0.3 is 36.3 Å². The van der Waals surface area contributed by atoms with E-state index in [-0.39, 0.29) is 197 Å². The zero-order chi connectivity index (χ0) is 41.4. The van der Waals surface area contributed by atoms with Crippen LogP contribution in [0.4, 0.5) is 28.4 Å². The number of fused-ring (bicyclic) bond motifs is 1. The van der Waals surface area contributed by atoms with Crippen molar-refractivity contribution in [3.05, 3.63) is 73.7 Å². The quantitative estimate of drug-likeness (QED) is 0.0377. The Kier molecular flexibility index (Phi) is 36.2. The topological polar surface area (TPSA) is 382 Å². The van der Waals surface area contributed by atoms with Gasteiger partial charge in [0.2, 0.25) is 10.4 Å². The fourth-order valence-electron chi connectivity index (χ4n) is 3.49. The molecule has 4 N–H and O–H groups in total. The number of hydrogen-bond donors (Lipinski definition) is 4. The van der Waals surface area contributed by atoms with Gasteiger partial charge in [-0.05, 0) is 30.3 Å². The summed E-state index contributed by atoms with van der Waals surface area (Å²) in [7, 11) is -17.9. The second kappa shape index (κ2) is 31.8. The number of phenolic OH excluding ortho intramolecular Hbond substituents is 2. The molecule has 23 nitrogen and oxygen atoms in total. The van der Waals surface area contributed by atoms with Crippen LogP contribution in [-0.2, 0) is 68.6 Å². The summed E-state index contributed by atoms with van der Waals surface area (Å²) in [6.45, 7) is 3.40. The van der Waals surface area contributed by atoms with Crippen molar-refractivity contribution < 1.29 is 214 Å². The van der Waals surface area contributed by atoms with Crippen molar-refractivity contribution in [1.29, 1.82) is 0 Å². The van der Waals surface area contributed by atoms with E-state index >= 15 is 0 Å². The number of azo groups is 2. The molecule has 0 bridgehead atoms. The molecule has 0 spiro atoms. The van der Waals surface area contributed by atoms with E-state index in [0.717, 1.165) is 0 Å². The summed E-state index contributed by atoms with van der Waals surface area (Å²) in [4.78, 5) is 0.0567. The fraction of sp³-hybridized carbons (Fsp3) is 0.115. The van der Waals surface area contributed by atoms with E-state index in [9.17, 15) is 31.6 Å². The smallest absolute Gasteiger partial charge is 0.747 e. The maximum absolute atomic E-state index is 12.0. The third-order valence-electron chi connectivity index (χ3n) is 5.58. The molecular formula is C26H22CuN5Na4O18S5-. The van der Waals surface area contributed by atoms with Crippen LogP contribution in [0, 0.1) is 19.1 Å². The number of hydrogen-bond acceptors (Lipinski definition) is 22. The first-order chi connectivity index (χ1) is 24.9. The van der Waals surface area contributed by atoms with Gasteiger partial charge in [0.25, 0.3) is 0 Å². The molecule has 0 saturated heterocycles. The molecule has 4 rings (SSSR count). The summed E-state index contributed by atoms with van der Waals surface area (Å²) < 4.78 is 146. The van der Waals surface area contributed by atoms with Crippen LogP contribution in [0.5, 0.6) is 17.2 Å². The van der Waals surface area contributed by atoms with Gasteiger partial charge in [0.15, 0.2) is 9.84 Å². The van der Waals surface area contributed by atoms with Crippen LogP contribution >= 0.6 is 0 Å². The monoisotopic (exact) mass is 1010 g/mol. The minimum Gasteiger partial charge on any atom is -0.747 e. The number of anilines is 1. The first-order valence-electron chi connectivity index (χ1n) is 13.2. The van der Waals surface area contributed by atoms with Gasteiger partial charge in [-0.3, -0.25) is 4.55 Å². The number of nitrogens with one attached hydrogen (secondary N) is 1. The Bertz CT molecular complexity index is 2560. The van der Waals surface area contributed by atoms with Crippen LogP contribution in [0.25, 0.3) is 10.8 Å². The molecule has 1 radical (unpaired) electrons. The van der Waals surface area contributed by atoms with Crippen LogP contribution in [0.2, 0.25) is 0 Å². The number of nitrogens with zero attached hydrogens (tertiary/aromatic N) is 4. The molecule has 0 aliphatic rings. The molecule has 0 aliphatic heterocycles. The van der Waals surface area contributed by atoms with E-state index in [2.05, 4.69) is 44.8 Å². The molecular weight excluding hydrogens is 986 g/mol. The minimum atomic E-state index is -4.92. The Morgan fingerprint density at radius 1 is 0.780 bits per heavy atom.